The van der Waals surface area contributed by atoms with Crippen molar-refractivity contribution in [3.63, 3.8) is 0 Å². The number of morpholine rings is 1. The number of anilines is 1. The van der Waals surface area contributed by atoms with Gasteiger partial charge in [0.05, 0.1) is 42.3 Å². The van der Waals surface area contributed by atoms with Crippen LogP contribution in [0.5, 0.6) is 11.6 Å². The van der Waals surface area contributed by atoms with Crippen LogP contribution in [0.15, 0.2) is 18.2 Å². The number of ether oxygens (including phenoxy) is 3. The van der Waals surface area contributed by atoms with Crippen LogP contribution in [0.4, 0.5) is 5.69 Å². The number of benzene rings is 1. The summed E-state index contributed by atoms with van der Waals surface area (Å²) in [6, 6.07) is 4.82. The summed E-state index contributed by atoms with van der Waals surface area (Å²) in [5.74, 6) is 0.189. The van der Waals surface area contributed by atoms with E-state index in [1.807, 2.05) is 0 Å². The van der Waals surface area contributed by atoms with Gasteiger partial charge in [-0.25, -0.2) is 0 Å². The summed E-state index contributed by atoms with van der Waals surface area (Å²) in [5.41, 5.74) is 1.34. The molecule has 8 nitrogen and oxygen atoms in total. The highest BCUT2D eigenvalue weighted by atomic mass is 35.5. The van der Waals surface area contributed by atoms with Gasteiger partial charge in [0.15, 0.2) is 10.9 Å². The van der Waals surface area contributed by atoms with E-state index in [0.717, 1.165) is 0 Å². The first-order valence-electron chi connectivity index (χ1n) is 9.38. The van der Waals surface area contributed by atoms with Crippen LogP contribution in [-0.4, -0.2) is 49.1 Å². The van der Waals surface area contributed by atoms with Gasteiger partial charge in [0.25, 0.3) is 0 Å². The van der Waals surface area contributed by atoms with E-state index in [9.17, 15) is 4.79 Å². The van der Waals surface area contributed by atoms with Crippen LogP contribution < -0.4 is 15.4 Å². The number of aromatic nitrogens is 2. The predicted molar refractivity (Wildman–Crippen MR) is 115 cm³/mol. The number of nitrogens with zero attached hydrogens (tertiary/aromatic N) is 2. The van der Waals surface area contributed by atoms with Crippen LogP contribution in [0, 0.1) is 0 Å². The van der Waals surface area contributed by atoms with Gasteiger partial charge < -0.3 is 24.8 Å². The van der Waals surface area contributed by atoms with Crippen molar-refractivity contribution in [1.82, 2.24) is 15.5 Å². The van der Waals surface area contributed by atoms with Crippen LogP contribution in [-0.2, 0) is 14.3 Å². The fourth-order valence-corrected chi connectivity index (χ4v) is 3.58. The van der Waals surface area contributed by atoms with Gasteiger partial charge in [-0.15, -0.1) is 10.2 Å². The zero-order valence-electron chi connectivity index (χ0n) is 16.2. The first-order chi connectivity index (χ1) is 14.5. The van der Waals surface area contributed by atoms with E-state index in [-0.39, 0.29) is 45.3 Å². The lowest BCUT2D eigenvalue weighted by Crippen LogP contribution is -2.34. The molecule has 1 fully saturated rings. The Kier molecular flexibility index (Phi) is 8.35. The summed E-state index contributed by atoms with van der Waals surface area (Å²) in [4.78, 5) is 11.4. The summed E-state index contributed by atoms with van der Waals surface area (Å²) >= 11 is 18.8. The molecule has 2 aromatic rings. The fraction of sp³-hybridized carbons (Fsp3) is 0.421. The standard InChI is InChI=1S/C19H21Cl3N4O4/c1-2-29-17(27)3-4-23-11-7-13(20)18(14(21)8-11)30-19-12(9-16(22)25-26-19)15-10-28-6-5-24-15/h7-9,15,23-24H,2-6,10H2,1H3. The first kappa shape index (κ1) is 22.8. The molecule has 0 saturated carbocycles. The Hall–Kier alpha value is -1.84. The molecule has 0 amide bonds. The van der Waals surface area contributed by atoms with Crippen molar-refractivity contribution in [3.8, 4) is 11.6 Å². The molecule has 2 N–H and O–H groups in total. The van der Waals surface area contributed by atoms with Crippen molar-refractivity contribution in [2.45, 2.75) is 19.4 Å². The topological polar surface area (TPSA) is 94.6 Å². The minimum atomic E-state index is -0.281. The molecule has 1 saturated heterocycles. The van der Waals surface area contributed by atoms with Crippen molar-refractivity contribution in [3.05, 3.63) is 39.0 Å². The normalized spacial score (nSPS) is 16.2. The SMILES string of the molecule is CCOC(=O)CCNc1cc(Cl)c(Oc2nnc(Cl)cc2C2COCCN2)c(Cl)c1. The highest BCUT2D eigenvalue weighted by Crippen LogP contribution is 2.40. The minimum absolute atomic E-state index is 0.150. The van der Waals surface area contributed by atoms with Crippen molar-refractivity contribution < 1.29 is 19.0 Å². The Bertz CT molecular complexity index is 871. The quantitative estimate of drug-likeness (QED) is 0.547. The summed E-state index contributed by atoms with van der Waals surface area (Å²) in [6.07, 6.45) is 0.224. The molecule has 1 aromatic heterocycles. The highest BCUT2D eigenvalue weighted by molar-refractivity contribution is 6.37. The smallest absolute Gasteiger partial charge is 0.307 e. The molecule has 0 spiro atoms. The molecule has 0 bridgehead atoms. The van der Waals surface area contributed by atoms with E-state index in [2.05, 4.69) is 20.8 Å². The van der Waals surface area contributed by atoms with E-state index in [4.69, 9.17) is 49.0 Å². The zero-order chi connectivity index (χ0) is 21.5. The molecular weight excluding hydrogens is 455 g/mol. The highest BCUT2D eigenvalue weighted by Gasteiger charge is 2.23. The maximum absolute atomic E-state index is 11.4. The van der Waals surface area contributed by atoms with Crippen LogP contribution in [0.2, 0.25) is 15.2 Å². The molecule has 1 unspecified atom stereocenters. The third-order valence-corrected chi connectivity index (χ3v) is 4.96. The first-order valence-corrected chi connectivity index (χ1v) is 10.5. The predicted octanol–water partition coefficient (Wildman–Crippen LogP) is 4.26. The van der Waals surface area contributed by atoms with Crippen LogP contribution in [0.3, 0.4) is 0 Å². The van der Waals surface area contributed by atoms with Crippen molar-refractivity contribution in [2.24, 2.45) is 0 Å². The molecule has 162 valence electrons. The number of rotatable bonds is 8. The lowest BCUT2D eigenvalue weighted by Gasteiger charge is -2.25. The number of hydrogen-bond acceptors (Lipinski definition) is 8. The second-order valence-corrected chi connectivity index (χ2v) is 7.56. The third kappa shape index (κ3) is 6.09. The van der Waals surface area contributed by atoms with E-state index >= 15 is 0 Å². The molecule has 1 atom stereocenters. The number of carbonyl (C=O) groups excluding carboxylic acids is 1. The monoisotopic (exact) mass is 474 g/mol. The molecule has 0 aliphatic carbocycles. The maximum atomic E-state index is 11.4. The van der Waals surface area contributed by atoms with Gasteiger partial charge in [-0.2, -0.15) is 0 Å². The lowest BCUT2D eigenvalue weighted by atomic mass is 10.1. The largest absolute Gasteiger partial charge is 0.466 e. The fourth-order valence-electron chi connectivity index (χ4n) is 2.86. The van der Waals surface area contributed by atoms with Crippen LogP contribution in [0.25, 0.3) is 0 Å². The number of hydrogen-bond donors (Lipinski definition) is 2. The second-order valence-electron chi connectivity index (χ2n) is 6.36. The average Bonchev–Trinajstić information content (AvgIpc) is 2.72. The summed E-state index contributed by atoms with van der Waals surface area (Å²) in [6.45, 7) is 4.26. The molecular formula is C19H21Cl3N4O4. The number of esters is 1. The Morgan fingerprint density at radius 3 is 2.70 bits per heavy atom. The number of nitrogens with one attached hydrogen (secondary N) is 2. The van der Waals surface area contributed by atoms with Crippen molar-refractivity contribution >= 4 is 46.5 Å². The van der Waals surface area contributed by atoms with Gasteiger partial charge in [0.2, 0.25) is 5.88 Å². The minimum Gasteiger partial charge on any atom is -0.466 e. The second kappa shape index (κ2) is 11.0. The Morgan fingerprint density at radius 1 is 1.27 bits per heavy atom. The average molecular weight is 476 g/mol. The zero-order valence-corrected chi connectivity index (χ0v) is 18.5. The lowest BCUT2D eigenvalue weighted by molar-refractivity contribution is -0.142. The van der Waals surface area contributed by atoms with E-state index in [1.165, 1.54) is 0 Å². The van der Waals surface area contributed by atoms with Crippen molar-refractivity contribution in [1.29, 1.82) is 0 Å². The molecule has 1 aliphatic heterocycles. The molecule has 0 radical (unpaired) electrons. The van der Waals surface area contributed by atoms with Gasteiger partial charge in [-0.3, -0.25) is 4.79 Å². The Labute approximate surface area is 189 Å². The Morgan fingerprint density at radius 2 is 2.03 bits per heavy atom. The van der Waals surface area contributed by atoms with Crippen LogP contribution in [0.1, 0.15) is 24.9 Å². The van der Waals surface area contributed by atoms with Gasteiger partial charge in [-0.05, 0) is 25.1 Å². The molecule has 2 heterocycles. The van der Waals surface area contributed by atoms with E-state index in [0.29, 0.717) is 44.2 Å². The van der Waals surface area contributed by atoms with Gasteiger partial charge in [0.1, 0.15) is 0 Å². The molecule has 30 heavy (non-hydrogen) atoms. The maximum Gasteiger partial charge on any atom is 0.307 e. The number of carbonyl (C=O) groups is 1. The molecule has 1 aromatic carbocycles. The third-order valence-electron chi connectivity index (χ3n) is 4.22. The summed E-state index contributed by atoms with van der Waals surface area (Å²) in [7, 11) is 0. The summed E-state index contributed by atoms with van der Waals surface area (Å²) in [5, 5.41) is 15.1. The van der Waals surface area contributed by atoms with Gasteiger partial charge in [-0.1, -0.05) is 34.8 Å². The van der Waals surface area contributed by atoms with Crippen LogP contribution >= 0.6 is 34.8 Å². The van der Waals surface area contributed by atoms with E-state index < -0.39 is 0 Å². The van der Waals surface area contributed by atoms with Gasteiger partial charge in [0, 0.05) is 24.3 Å². The van der Waals surface area contributed by atoms with Crippen molar-refractivity contribution in [2.75, 3.05) is 38.2 Å². The molecule has 1 aliphatic rings. The van der Waals surface area contributed by atoms with Gasteiger partial charge >= 0.3 is 5.97 Å². The Balaban J connectivity index is 1.75. The summed E-state index contributed by atoms with van der Waals surface area (Å²) < 4.78 is 16.3. The number of halogens is 3. The molecule has 3 rings (SSSR count). The molecule has 11 heteroatoms. The van der Waals surface area contributed by atoms with E-state index in [1.54, 1.807) is 25.1 Å².